The minimum atomic E-state index is -3.73. The van der Waals surface area contributed by atoms with Crippen molar-refractivity contribution < 1.29 is 13.2 Å². The molecule has 0 aliphatic heterocycles. The van der Waals surface area contributed by atoms with Crippen LogP contribution in [0.3, 0.4) is 0 Å². The third-order valence-electron chi connectivity index (χ3n) is 2.36. The molecule has 0 amide bonds. The predicted octanol–water partition coefficient (Wildman–Crippen LogP) is 1.69. The van der Waals surface area contributed by atoms with Crippen LogP contribution < -0.4 is 9.88 Å². The summed E-state index contributed by atoms with van der Waals surface area (Å²) in [6, 6.07) is 5.16. The van der Waals surface area contributed by atoms with Crippen molar-refractivity contribution >= 4 is 10.0 Å². The number of hydrogen-bond donors (Lipinski definition) is 1. The molecule has 16 heavy (non-hydrogen) atoms. The highest BCUT2D eigenvalue weighted by molar-refractivity contribution is 7.89. The molecule has 1 rings (SSSR count). The molecule has 0 saturated heterocycles. The maximum atomic E-state index is 11.5. The summed E-state index contributed by atoms with van der Waals surface area (Å²) in [6.45, 7) is 2.05. The van der Waals surface area contributed by atoms with Crippen LogP contribution in [0.25, 0.3) is 0 Å². The minimum absolute atomic E-state index is 0.117. The first-order valence-corrected chi connectivity index (χ1v) is 6.74. The van der Waals surface area contributed by atoms with Crippen molar-refractivity contribution in [1.29, 1.82) is 0 Å². The van der Waals surface area contributed by atoms with E-state index in [1.54, 1.807) is 18.2 Å². The molecular formula is C11H17NO3S. The maximum Gasteiger partial charge on any atom is 0.242 e. The fourth-order valence-electron chi connectivity index (χ4n) is 1.61. The molecule has 0 aromatic heterocycles. The Morgan fingerprint density at radius 3 is 2.56 bits per heavy atom. The van der Waals surface area contributed by atoms with Gasteiger partial charge < -0.3 is 4.74 Å². The molecular weight excluding hydrogens is 226 g/mol. The van der Waals surface area contributed by atoms with E-state index in [0.29, 0.717) is 12.2 Å². The summed E-state index contributed by atoms with van der Waals surface area (Å²) < 4.78 is 28.0. The van der Waals surface area contributed by atoms with Crippen molar-refractivity contribution in [3.63, 3.8) is 0 Å². The van der Waals surface area contributed by atoms with Gasteiger partial charge in [-0.3, -0.25) is 0 Å². The van der Waals surface area contributed by atoms with E-state index in [1.165, 1.54) is 7.11 Å². The summed E-state index contributed by atoms with van der Waals surface area (Å²) in [5.41, 5.74) is 0.726. The summed E-state index contributed by atoms with van der Waals surface area (Å²) in [5, 5.41) is 5.20. The van der Waals surface area contributed by atoms with E-state index in [1.807, 2.05) is 0 Å². The number of nitrogens with two attached hydrogens (primary N) is 1. The fourth-order valence-corrected chi connectivity index (χ4v) is 2.58. The molecule has 0 unspecified atom stereocenters. The normalized spacial score (nSPS) is 11.4. The number of unbranched alkanes of at least 4 members (excludes halogenated alkanes) is 1. The smallest absolute Gasteiger partial charge is 0.242 e. The van der Waals surface area contributed by atoms with E-state index in [2.05, 4.69) is 6.92 Å². The van der Waals surface area contributed by atoms with Crippen LogP contribution in [0.15, 0.2) is 23.1 Å². The standard InChI is InChI=1S/C11H17NO3S/c1-3-4-6-9-7-5-8-10(15-2)11(9)16(12,13)14/h5,7-8H,3-4,6H2,1-2H3,(H2,12,13,14). The maximum absolute atomic E-state index is 11.5. The summed E-state index contributed by atoms with van der Waals surface area (Å²) in [7, 11) is -2.29. The van der Waals surface area contributed by atoms with Gasteiger partial charge in [-0.1, -0.05) is 25.5 Å². The number of primary sulfonamides is 1. The van der Waals surface area contributed by atoms with Gasteiger partial charge in [0.25, 0.3) is 0 Å². The van der Waals surface area contributed by atoms with E-state index in [9.17, 15) is 8.42 Å². The van der Waals surface area contributed by atoms with Crippen LogP contribution in [0.2, 0.25) is 0 Å². The summed E-state index contributed by atoms with van der Waals surface area (Å²) in [5.74, 6) is 0.316. The van der Waals surface area contributed by atoms with Crippen LogP contribution >= 0.6 is 0 Å². The first kappa shape index (κ1) is 13.0. The number of sulfonamides is 1. The lowest BCUT2D eigenvalue weighted by molar-refractivity contribution is 0.401. The molecule has 0 bridgehead atoms. The van der Waals surface area contributed by atoms with Gasteiger partial charge in [0.2, 0.25) is 10.0 Å². The highest BCUT2D eigenvalue weighted by atomic mass is 32.2. The van der Waals surface area contributed by atoms with Crippen LogP contribution in [0, 0.1) is 0 Å². The molecule has 0 radical (unpaired) electrons. The van der Waals surface area contributed by atoms with E-state index in [-0.39, 0.29) is 4.90 Å². The first-order valence-electron chi connectivity index (χ1n) is 5.19. The molecule has 90 valence electrons. The molecule has 0 aliphatic rings. The first-order chi connectivity index (χ1) is 7.50. The van der Waals surface area contributed by atoms with Crippen molar-refractivity contribution in [3.05, 3.63) is 23.8 Å². The van der Waals surface area contributed by atoms with E-state index < -0.39 is 10.0 Å². The molecule has 0 aliphatic carbocycles. The highest BCUT2D eigenvalue weighted by Gasteiger charge is 2.19. The Morgan fingerprint density at radius 2 is 2.06 bits per heavy atom. The molecule has 1 aromatic carbocycles. The van der Waals surface area contributed by atoms with Crippen LogP contribution in [0.4, 0.5) is 0 Å². The number of aryl methyl sites for hydroxylation is 1. The zero-order valence-electron chi connectivity index (χ0n) is 9.56. The van der Waals surface area contributed by atoms with Crippen LogP contribution in [0.5, 0.6) is 5.75 Å². The van der Waals surface area contributed by atoms with Gasteiger partial charge in [0.1, 0.15) is 10.6 Å². The van der Waals surface area contributed by atoms with Crippen LogP contribution in [-0.2, 0) is 16.4 Å². The van der Waals surface area contributed by atoms with Crippen molar-refractivity contribution in [3.8, 4) is 5.75 Å². The van der Waals surface area contributed by atoms with Crippen molar-refractivity contribution in [2.75, 3.05) is 7.11 Å². The van der Waals surface area contributed by atoms with Gasteiger partial charge >= 0.3 is 0 Å². The van der Waals surface area contributed by atoms with Gasteiger partial charge in [-0.15, -0.1) is 0 Å². The zero-order valence-corrected chi connectivity index (χ0v) is 10.4. The number of ether oxygens (including phenoxy) is 1. The third kappa shape index (κ3) is 2.96. The van der Waals surface area contributed by atoms with E-state index in [0.717, 1.165) is 18.4 Å². The fraction of sp³-hybridized carbons (Fsp3) is 0.455. The average molecular weight is 243 g/mol. The molecule has 1 aromatic rings. The zero-order chi connectivity index (χ0) is 12.2. The van der Waals surface area contributed by atoms with Gasteiger partial charge in [-0.25, -0.2) is 13.6 Å². The lowest BCUT2D eigenvalue weighted by Crippen LogP contribution is -2.16. The van der Waals surface area contributed by atoms with Gasteiger partial charge in [0.05, 0.1) is 7.11 Å². The molecule has 5 heteroatoms. The summed E-state index contributed by atoms with van der Waals surface area (Å²) in [4.78, 5) is 0.117. The molecule has 4 nitrogen and oxygen atoms in total. The van der Waals surface area contributed by atoms with Crippen LogP contribution in [0.1, 0.15) is 25.3 Å². The molecule has 0 saturated carbocycles. The number of hydrogen-bond acceptors (Lipinski definition) is 3. The van der Waals surface area contributed by atoms with E-state index in [4.69, 9.17) is 9.88 Å². The largest absolute Gasteiger partial charge is 0.495 e. The molecule has 0 atom stereocenters. The second-order valence-corrected chi connectivity index (χ2v) is 5.10. The second-order valence-electron chi connectivity index (χ2n) is 3.60. The predicted molar refractivity (Wildman–Crippen MR) is 63.0 cm³/mol. The average Bonchev–Trinajstić information content (AvgIpc) is 2.24. The van der Waals surface area contributed by atoms with Crippen molar-refractivity contribution in [2.24, 2.45) is 5.14 Å². The lowest BCUT2D eigenvalue weighted by Gasteiger charge is -2.11. The Labute approximate surface area is 96.5 Å². The molecule has 0 heterocycles. The molecule has 0 fully saturated rings. The summed E-state index contributed by atoms with van der Waals surface area (Å²) in [6.07, 6.45) is 2.62. The molecule has 0 spiro atoms. The van der Waals surface area contributed by atoms with Crippen molar-refractivity contribution in [2.45, 2.75) is 31.1 Å². The highest BCUT2D eigenvalue weighted by Crippen LogP contribution is 2.27. The lowest BCUT2D eigenvalue weighted by atomic mass is 10.1. The molecule has 2 N–H and O–H groups in total. The van der Waals surface area contributed by atoms with Gasteiger partial charge in [-0.05, 0) is 24.5 Å². The Balaban J connectivity index is 3.27. The van der Waals surface area contributed by atoms with E-state index >= 15 is 0 Å². The van der Waals surface area contributed by atoms with Gasteiger partial charge in [0.15, 0.2) is 0 Å². The monoisotopic (exact) mass is 243 g/mol. The third-order valence-corrected chi connectivity index (χ3v) is 3.40. The topological polar surface area (TPSA) is 69.4 Å². The SMILES string of the molecule is CCCCc1cccc(OC)c1S(N)(=O)=O. The second kappa shape index (κ2) is 5.32. The Hall–Kier alpha value is -1.07. The number of methoxy groups -OCH3 is 1. The Morgan fingerprint density at radius 1 is 1.38 bits per heavy atom. The number of rotatable bonds is 5. The van der Waals surface area contributed by atoms with Crippen molar-refractivity contribution in [1.82, 2.24) is 0 Å². The minimum Gasteiger partial charge on any atom is -0.495 e. The Kier molecular flexibility index (Phi) is 4.32. The quantitative estimate of drug-likeness (QED) is 0.855. The Bertz CT molecular complexity index is 454. The van der Waals surface area contributed by atoms with Gasteiger partial charge in [0, 0.05) is 0 Å². The van der Waals surface area contributed by atoms with Crippen LogP contribution in [-0.4, -0.2) is 15.5 Å². The summed E-state index contributed by atoms with van der Waals surface area (Å²) >= 11 is 0. The van der Waals surface area contributed by atoms with Gasteiger partial charge in [-0.2, -0.15) is 0 Å². The number of benzene rings is 1.